The summed E-state index contributed by atoms with van der Waals surface area (Å²) in [7, 11) is 0. The van der Waals surface area contributed by atoms with Crippen molar-refractivity contribution in [1.29, 1.82) is 0 Å². The second-order valence-electron chi connectivity index (χ2n) is 3.91. The number of ketones is 1. The van der Waals surface area contributed by atoms with Crippen LogP contribution in [-0.2, 0) is 0 Å². The molecule has 0 atom stereocenters. The molecule has 0 spiro atoms. The minimum atomic E-state index is -0.559. The van der Waals surface area contributed by atoms with Crippen LogP contribution in [0.4, 0.5) is 4.39 Å². The molecule has 1 nitrogen and oxygen atoms in total. The van der Waals surface area contributed by atoms with Gasteiger partial charge in [0, 0.05) is 5.56 Å². The second-order valence-corrected chi connectivity index (χ2v) is 4.70. The first kappa shape index (κ1) is 13.1. The Balaban J connectivity index is 2.51. The van der Waals surface area contributed by atoms with Gasteiger partial charge in [-0.25, -0.2) is 4.39 Å². The highest BCUT2D eigenvalue weighted by Gasteiger charge is 2.17. The van der Waals surface area contributed by atoms with E-state index in [1.807, 2.05) is 0 Å². The van der Waals surface area contributed by atoms with Crippen LogP contribution in [0.5, 0.6) is 0 Å². The van der Waals surface area contributed by atoms with Crippen LogP contribution in [0.3, 0.4) is 0 Å². The highest BCUT2D eigenvalue weighted by atomic mass is 35.5. The molecule has 0 amide bonds. The minimum absolute atomic E-state index is 0.00948. The van der Waals surface area contributed by atoms with Crippen molar-refractivity contribution in [3.8, 4) is 0 Å². The summed E-state index contributed by atoms with van der Waals surface area (Å²) in [6, 6.07) is 9.14. The molecule has 92 valence electrons. The van der Waals surface area contributed by atoms with Gasteiger partial charge in [0.1, 0.15) is 5.82 Å². The maximum Gasteiger partial charge on any atom is 0.197 e. The lowest BCUT2D eigenvalue weighted by Gasteiger charge is -2.06. The van der Waals surface area contributed by atoms with Crippen molar-refractivity contribution in [3.05, 3.63) is 69.0 Å². The van der Waals surface area contributed by atoms with E-state index in [2.05, 4.69) is 0 Å². The van der Waals surface area contributed by atoms with Gasteiger partial charge in [-0.3, -0.25) is 4.79 Å². The molecule has 0 aliphatic carbocycles. The first-order chi connectivity index (χ1) is 8.50. The number of hydrogen-bond donors (Lipinski definition) is 0. The Morgan fingerprint density at radius 2 is 1.83 bits per heavy atom. The first-order valence-electron chi connectivity index (χ1n) is 5.25. The zero-order chi connectivity index (χ0) is 13.3. The molecule has 18 heavy (non-hydrogen) atoms. The van der Waals surface area contributed by atoms with Gasteiger partial charge in [0.15, 0.2) is 5.78 Å². The van der Waals surface area contributed by atoms with Gasteiger partial charge in [-0.1, -0.05) is 35.3 Å². The van der Waals surface area contributed by atoms with E-state index in [1.54, 1.807) is 25.1 Å². The number of hydrogen-bond acceptors (Lipinski definition) is 1. The summed E-state index contributed by atoms with van der Waals surface area (Å²) in [4.78, 5) is 12.2. The van der Waals surface area contributed by atoms with Gasteiger partial charge >= 0.3 is 0 Å². The SMILES string of the molecule is Cc1ccc(C(=O)c2cccc(Cl)c2Cl)c(F)c1. The first-order valence-corrected chi connectivity index (χ1v) is 6.01. The summed E-state index contributed by atoms with van der Waals surface area (Å²) in [5.74, 6) is -1.03. The van der Waals surface area contributed by atoms with Gasteiger partial charge in [-0.05, 0) is 36.8 Å². The van der Waals surface area contributed by atoms with Crippen molar-refractivity contribution >= 4 is 29.0 Å². The monoisotopic (exact) mass is 282 g/mol. The van der Waals surface area contributed by atoms with Crippen molar-refractivity contribution in [3.63, 3.8) is 0 Å². The normalized spacial score (nSPS) is 10.4. The number of rotatable bonds is 2. The number of aryl methyl sites for hydroxylation is 1. The molecule has 0 aliphatic heterocycles. The molecule has 0 radical (unpaired) electrons. The topological polar surface area (TPSA) is 17.1 Å². The summed E-state index contributed by atoms with van der Waals surface area (Å²) >= 11 is 11.8. The Kier molecular flexibility index (Phi) is 3.69. The fourth-order valence-electron chi connectivity index (χ4n) is 1.63. The fraction of sp³-hybridized carbons (Fsp3) is 0.0714. The molecule has 0 saturated carbocycles. The third-order valence-corrected chi connectivity index (χ3v) is 3.38. The lowest BCUT2D eigenvalue weighted by atomic mass is 10.0. The van der Waals surface area contributed by atoms with Gasteiger partial charge in [0.05, 0.1) is 15.6 Å². The van der Waals surface area contributed by atoms with E-state index in [-0.39, 0.29) is 21.2 Å². The summed E-state index contributed by atoms with van der Waals surface area (Å²) < 4.78 is 13.7. The predicted molar refractivity (Wildman–Crippen MR) is 71.0 cm³/mol. The molecule has 2 aromatic rings. The quantitative estimate of drug-likeness (QED) is 0.732. The van der Waals surface area contributed by atoms with Crippen molar-refractivity contribution in [2.75, 3.05) is 0 Å². The summed E-state index contributed by atoms with van der Waals surface area (Å²) in [6.07, 6.45) is 0. The third kappa shape index (κ3) is 2.40. The molecule has 0 unspecified atom stereocenters. The molecule has 4 heteroatoms. The molecule has 0 fully saturated rings. The number of halogens is 3. The van der Waals surface area contributed by atoms with Crippen molar-refractivity contribution in [1.82, 2.24) is 0 Å². The smallest absolute Gasteiger partial charge is 0.197 e. The molecule has 0 heterocycles. The Morgan fingerprint density at radius 3 is 2.50 bits per heavy atom. The Hall–Kier alpha value is -1.38. The van der Waals surface area contributed by atoms with Gasteiger partial charge < -0.3 is 0 Å². The van der Waals surface area contributed by atoms with Gasteiger partial charge in [0.2, 0.25) is 0 Å². The largest absolute Gasteiger partial charge is 0.288 e. The van der Waals surface area contributed by atoms with Crippen LogP contribution >= 0.6 is 23.2 Å². The van der Waals surface area contributed by atoms with Crippen LogP contribution < -0.4 is 0 Å². The lowest BCUT2D eigenvalue weighted by molar-refractivity contribution is 0.103. The maximum atomic E-state index is 13.7. The average Bonchev–Trinajstić information content (AvgIpc) is 2.32. The number of benzene rings is 2. The molecule has 0 saturated heterocycles. The molecular formula is C14H9Cl2FO. The van der Waals surface area contributed by atoms with Crippen LogP contribution in [0.25, 0.3) is 0 Å². The summed E-state index contributed by atoms with van der Waals surface area (Å²) in [5.41, 5.74) is 0.943. The Labute approximate surface area is 114 Å². The van der Waals surface area contributed by atoms with Crippen LogP contribution in [0, 0.1) is 12.7 Å². The average molecular weight is 283 g/mol. The zero-order valence-electron chi connectivity index (χ0n) is 9.51. The molecule has 2 aromatic carbocycles. The van der Waals surface area contributed by atoms with E-state index < -0.39 is 11.6 Å². The Morgan fingerprint density at radius 1 is 1.11 bits per heavy atom. The van der Waals surface area contributed by atoms with Gasteiger partial charge in [-0.15, -0.1) is 0 Å². The number of carbonyl (C=O) groups excluding carboxylic acids is 1. The van der Waals surface area contributed by atoms with Gasteiger partial charge in [-0.2, -0.15) is 0 Å². The third-order valence-electron chi connectivity index (χ3n) is 2.57. The van der Waals surface area contributed by atoms with E-state index >= 15 is 0 Å². The van der Waals surface area contributed by atoms with E-state index in [1.165, 1.54) is 18.2 Å². The highest BCUT2D eigenvalue weighted by Crippen LogP contribution is 2.28. The summed E-state index contributed by atoms with van der Waals surface area (Å²) in [6.45, 7) is 1.75. The van der Waals surface area contributed by atoms with Crippen molar-refractivity contribution in [2.45, 2.75) is 6.92 Å². The molecule has 2 rings (SSSR count). The Bertz CT molecular complexity index is 623. The van der Waals surface area contributed by atoms with E-state index in [9.17, 15) is 9.18 Å². The van der Waals surface area contributed by atoms with Crippen LogP contribution in [-0.4, -0.2) is 5.78 Å². The minimum Gasteiger partial charge on any atom is -0.288 e. The fourth-order valence-corrected chi connectivity index (χ4v) is 2.01. The molecule has 0 bridgehead atoms. The van der Waals surface area contributed by atoms with Crippen molar-refractivity contribution in [2.24, 2.45) is 0 Å². The molecule has 0 aromatic heterocycles. The standard InChI is InChI=1S/C14H9Cl2FO/c1-8-5-6-9(12(17)7-8)14(18)10-3-2-4-11(15)13(10)16/h2-7H,1H3. The van der Waals surface area contributed by atoms with E-state index in [4.69, 9.17) is 23.2 Å². The summed E-state index contributed by atoms with van der Waals surface area (Å²) in [5, 5.41) is 0.416. The predicted octanol–water partition coefficient (Wildman–Crippen LogP) is 4.67. The molecule has 0 N–H and O–H groups in total. The molecular weight excluding hydrogens is 274 g/mol. The van der Waals surface area contributed by atoms with Crippen LogP contribution in [0.1, 0.15) is 21.5 Å². The van der Waals surface area contributed by atoms with E-state index in [0.717, 1.165) is 5.56 Å². The molecule has 0 aliphatic rings. The number of carbonyl (C=O) groups is 1. The van der Waals surface area contributed by atoms with Crippen LogP contribution in [0.2, 0.25) is 10.0 Å². The van der Waals surface area contributed by atoms with Gasteiger partial charge in [0.25, 0.3) is 0 Å². The zero-order valence-corrected chi connectivity index (χ0v) is 11.0. The van der Waals surface area contributed by atoms with E-state index in [0.29, 0.717) is 0 Å². The highest BCUT2D eigenvalue weighted by molar-refractivity contribution is 6.44. The lowest BCUT2D eigenvalue weighted by Crippen LogP contribution is -2.05. The maximum absolute atomic E-state index is 13.7. The second kappa shape index (κ2) is 5.09. The van der Waals surface area contributed by atoms with Crippen LogP contribution in [0.15, 0.2) is 36.4 Å². The van der Waals surface area contributed by atoms with Crippen molar-refractivity contribution < 1.29 is 9.18 Å².